The van der Waals surface area contributed by atoms with Crippen LogP contribution in [0.1, 0.15) is 6.42 Å². The minimum atomic E-state index is 0.559. The van der Waals surface area contributed by atoms with Crippen LogP contribution in [-0.2, 0) is 4.79 Å². The van der Waals surface area contributed by atoms with Gasteiger partial charge in [-0.05, 0) is 6.42 Å². The summed E-state index contributed by atoms with van der Waals surface area (Å²) in [6.07, 6.45) is 2.77. The Labute approximate surface area is 54.2 Å². The Morgan fingerprint density at radius 2 is 2.67 bits per heavy atom. The fourth-order valence-corrected chi connectivity index (χ4v) is 0.849. The predicted molar refractivity (Wildman–Crippen MR) is 33.0 cm³/mol. The van der Waals surface area contributed by atoms with Crippen LogP contribution in [0.5, 0.6) is 0 Å². The van der Waals surface area contributed by atoms with Gasteiger partial charge in [0.15, 0.2) is 0 Å². The summed E-state index contributed by atoms with van der Waals surface area (Å²) in [6, 6.07) is 0. The second kappa shape index (κ2) is 3.42. The molecule has 1 rings (SSSR count). The van der Waals surface area contributed by atoms with E-state index in [1.165, 1.54) is 0 Å². The van der Waals surface area contributed by atoms with Gasteiger partial charge in [0.25, 0.3) is 0 Å². The number of hydrogen-bond acceptors (Lipinski definition) is 3. The average molecular weight is 128 g/mol. The Balaban J connectivity index is 2.04. The Hall–Kier alpha value is -0.610. The lowest BCUT2D eigenvalue weighted by molar-refractivity contribution is 0.247. The molecule has 1 aliphatic rings. The summed E-state index contributed by atoms with van der Waals surface area (Å²) in [5, 5.41) is 4.40. The van der Waals surface area contributed by atoms with Crippen LogP contribution in [0.2, 0.25) is 0 Å². The van der Waals surface area contributed by atoms with Crippen molar-refractivity contribution < 1.29 is 4.79 Å². The van der Waals surface area contributed by atoms with E-state index in [0.29, 0.717) is 6.67 Å². The summed E-state index contributed by atoms with van der Waals surface area (Å²) in [5.74, 6) is 0. The molecule has 1 radical (unpaired) electrons. The Bertz CT molecular complexity index is 90.2. The van der Waals surface area contributed by atoms with Crippen LogP contribution in [0, 0.1) is 0 Å². The molecule has 0 aromatic rings. The van der Waals surface area contributed by atoms with Crippen molar-refractivity contribution in [2.75, 3.05) is 19.8 Å². The van der Waals surface area contributed by atoms with Gasteiger partial charge in [0, 0.05) is 13.1 Å². The molecule has 0 aromatic carbocycles. The van der Waals surface area contributed by atoms with Crippen molar-refractivity contribution in [3.8, 4) is 0 Å². The maximum Gasteiger partial charge on any atom is 0.310 e. The van der Waals surface area contributed by atoms with E-state index in [1.54, 1.807) is 6.41 Å². The summed E-state index contributed by atoms with van der Waals surface area (Å²) < 4.78 is 0. The van der Waals surface area contributed by atoms with Crippen LogP contribution in [0.15, 0.2) is 0 Å². The second-order valence-corrected chi connectivity index (χ2v) is 1.96. The highest BCUT2D eigenvalue weighted by molar-refractivity contribution is 5.46. The maximum atomic E-state index is 9.67. The highest BCUT2D eigenvalue weighted by Gasteiger charge is 2.08. The zero-order valence-corrected chi connectivity index (χ0v) is 5.18. The second-order valence-electron chi connectivity index (χ2n) is 1.96. The van der Waals surface area contributed by atoms with Crippen molar-refractivity contribution in [1.29, 1.82) is 0 Å². The number of nitrogens with zero attached hydrogens (tertiary/aromatic N) is 1. The lowest BCUT2D eigenvalue weighted by Crippen LogP contribution is -2.38. The minimum Gasteiger partial charge on any atom is -0.334 e. The third-order valence-electron chi connectivity index (χ3n) is 1.28. The number of nitrogens with one attached hydrogen (secondary N) is 2. The molecule has 0 spiro atoms. The molecular formula is C5H10N3O. The molecule has 4 heteroatoms. The van der Waals surface area contributed by atoms with Gasteiger partial charge in [-0.2, -0.15) is 0 Å². The molecule has 4 nitrogen and oxygen atoms in total. The van der Waals surface area contributed by atoms with Crippen molar-refractivity contribution in [3.63, 3.8) is 0 Å². The molecule has 1 aliphatic heterocycles. The van der Waals surface area contributed by atoms with Gasteiger partial charge in [-0.25, -0.2) is 5.01 Å². The maximum absolute atomic E-state index is 9.67. The molecule has 0 unspecified atom stereocenters. The predicted octanol–water partition coefficient (Wildman–Crippen LogP) is -1.19. The largest absolute Gasteiger partial charge is 0.334 e. The molecule has 51 valence electrons. The first-order valence-corrected chi connectivity index (χ1v) is 3.02. The van der Waals surface area contributed by atoms with Crippen LogP contribution < -0.4 is 10.7 Å². The molecule has 1 heterocycles. The molecule has 1 amide bonds. The van der Waals surface area contributed by atoms with Gasteiger partial charge in [-0.3, -0.25) is 10.2 Å². The topological polar surface area (TPSA) is 44.4 Å². The third kappa shape index (κ3) is 1.99. The van der Waals surface area contributed by atoms with E-state index in [-0.39, 0.29) is 0 Å². The molecule has 0 aromatic heterocycles. The Morgan fingerprint density at radius 1 is 1.78 bits per heavy atom. The van der Waals surface area contributed by atoms with Crippen molar-refractivity contribution in [1.82, 2.24) is 15.8 Å². The minimum absolute atomic E-state index is 0.559. The fraction of sp³-hybridized carbons (Fsp3) is 0.800. The molecule has 0 saturated carbocycles. The van der Waals surface area contributed by atoms with Gasteiger partial charge in [0.2, 0.25) is 0 Å². The Kier molecular flexibility index (Phi) is 2.48. The lowest BCUT2D eigenvalue weighted by Gasteiger charge is -2.12. The summed E-state index contributed by atoms with van der Waals surface area (Å²) in [7, 11) is 0. The van der Waals surface area contributed by atoms with E-state index < -0.39 is 0 Å². The average Bonchev–Trinajstić information content (AvgIpc) is 2.34. The zero-order chi connectivity index (χ0) is 6.53. The van der Waals surface area contributed by atoms with E-state index in [1.807, 2.05) is 5.01 Å². The SMILES string of the molecule is O=[C]NCN1CCCN1. The fourth-order valence-electron chi connectivity index (χ4n) is 0.849. The van der Waals surface area contributed by atoms with Crippen LogP contribution >= 0.6 is 0 Å². The first kappa shape index (κ1) is 6.51. The summed E-state index contributed by atoms with van der Waals surface area (Å²) >= 11 is 0. The van der Waals surface area contributed by atoms with E-state index in [4.69, 9.17) is 0 Å². The van der Waals surface area contributed by atoms with Gasteiger partial charge >= 0.3 is 6.41 Å². The summed E-state index contributed by atoms with van der Waals surface area (Å²) in [4.78, 5) is 9.67. The molecule has 1 saturated heterocycles. The van der Waals surface area contributed by atoms with Gasteiger partial charge in [0.05, 0.1) is 6.67 Å². The Morgan fingerprint density at radius 3 is 3.22 bits per heavy atom. The molecular weight excluding hydrogens is 118 g/mol. The standard InChI is InChI=1S/C5H10N3O/c9-5-6-4-8-3-1-2-7-8/h7H,1-4H2,(H,6,9). The molecule has 1 fully saturated rings. The van der Waals surface area contributed by atoms with Gasteiger partial charge in [-0.1, -0.05) is 0 Å². The molecule has 0 bridgehead atoms. The number of rotatable bonds is 3. The van der Waals surface area contributed by atoms with Crippen molar-refractivity contribution in [2.45, 2.75) is 6.42 Å². The van der Waals surface area contributed by atoms with Crippen LogP contribution in [0.3, 0.4) is 0 Å². The van der Waals surface area contributed by atoms with Crippen molar-refractivity contribution in [3.05, 3.63) is 0 Å². The third-order valence-corrected chi connectivity index (χ3v) is 1.28. The summed E-state index contributed by atoms with van der Waals surface area (Å²) in [6.45, 7) is 2.58. The van der Waals surface area contributed by atoms with E-state index >= 15 is 0 Å². The number of amides is 1. The normalized spacial score (nSPS) is 20.0. The first-order valence-electron chi connectivity index (χ1n) is 3.02. The molecule has 0 atom stereocenters. The van der Waals surface area contributed by atoms with Gasteiger partial charge in [0.1, 0.15) is 0 Å². The van der Waals surface area contributed by atoms with Crippen LogP contribution in [-0.4, -0.2) is 31.2 Å². The highest BCUT2D eigenvalue weighted by atomic mass is 16.1. The molecule has 2 N–H and O–H groups in total. The van der Waals surface area contributed by atoms with Crippen LogP contribution in [0.4, 0.5) is 0 Å². The number of hydrogen-bond donors (Lipinski definition) is 2. The van der Waals surface area contributed by atoms with E-state index in [2.05, 4.69) is 10.7 Å². The summed E-state index contributed by atoms with van der Waals surface area (Å²) in [5.41, 5.74) is 3.08. The van der Waals surface area contributed by atoms with E-state index in [9.17, 15) is 4.79 Å². The van der Waals surface area contributed by atoms with Gasteiger partial charge < -0.3 is 5.32 Å². The van der Waals surface area contributed by atoms with E-state index in [0.717, 1.165) is 19.5 Å². The van der Waals surface area contributed by atoms with Crippen LogP contribution in [0.25, 0.3) is 0 Å². The van der Waals surface area contributed by atoms with Crippen molar-refractivity contribution >= 4 is 6.41 Å². The van der Waals surface area contributed by atoms with Gasteiger partial charge in [-0.15, -0.1) is 0 Å². The number of hydrazine groups is 1. The lowest BCUT2D eigenvalue weighted by atomic mass is 10.5. The smallest absolute Gasteiger partial charge is 0.310 e. The zero-order valence-electron chi connectivity index (χ0n) is 5.18. The highest BCUT2D eigenvalue weighted by Crippen LogP contribution is 1.91. The molecule has 0 aliphatic carbocycles. The number of carbonyl (C=O) groups excluding carboxylic acids is 1. The van der Waals surface area contributed by atoms with Crippen molar-refractivity contribution in [2.24, 2.45) is 0 Å². The molecule has 9 heavy (non-hydrogen) atoms. The monoisotopic (exact) mass is 128 g/mol. The first-order chi connectivity index (χ1) is 4.43. The quantitative estimate of drug-likeness (QED) is 0.470.